The standard InChI is InChI=1S/C19H11NO3S/c21-18(16-9-4-10-24-16)15-11-23-20-17(15)19(22)14-8-3-6-12-5-1-2-7-13(12)14/h1-11H. The van der Waals surface area contributed by atoms with E-state index in [1.54, 1.807) is 18.2 Å². The molecule has 0 saturated heterocycles. The summed E-state index contributed by atoms with van der Waals surface area (Å²) in [6.07, 6.45) is 1.24. The van der Waals surface area contributed by atoms with Crippen LogP contribution >= 0.6 is 11.3 Å². The van der Waals surface area contributed by atoms with Gasteiger partial charge in [-0.05, 0) is 22.2 Å². The molecule has 0 radical (unpaired) electrons. The summed E-state index contributed by atoms with van der Waals surface area (Å²) in [5, 5.41) is 7.38. The number of thiophene rings is 1. The molecule has 4 rings (SSSR count). The Hall–Kier alpha value is -3.05. The number of aromatic nitrogens is 1. The fraction of sp³-hybridized carbons (Fsp3) is 0. The van der Waals surface area contributed by atoms with Crippen molar-refractivity contribution in [2.45, 2.75) is 0 Å². The third kappa shape index (κ3) is 2.35. The van der Waals surface area contributed by atoms with Crippen LogP contribution in [0.5, 0.6) is 0 Å². The molecule has 4 aromatic rings. The lowest BCUT2D eigenvalue weighted by Crippen LogP contribution is -2.09. The average Bonchev–Trinajstić information content (AvgIpc) is 3.31. The van der Waals surface area contributed by atoms with Crippen LogP contribution in [0.1, 0.15) is 31.3 Å². The second-order valence-corrected chi connectivity index (χ2v) is 6.19. The van der Waals surface area contributed by atoms with Gasteiger partial charge in [-0.15, -0.1) is 11.3 Å². The quantitative estimate of drug-likeness (QED) is 0.521. The summed E-state index contributed by atoms with van der Waals surface area (Å²) in [7, 11) is 0. The van der Waals surface area contributed by atoms with Gasteiger partial charge in [0.15, 0.2) is 5.69 Å². The molecule has 0 N–H and O–H groups in total. The number of carbonyl (C=O) groups is 2. The van der Waals surface area contributed by atoms with Gasteiger partial charge in [-0.25, -0.2) is 0 Å². The molecule has 2 aromatic carbocycles. The van der Waals surface area contributed by atoms with Crippen LogP contribution in [-0.4, -0.2) is 16.7 Å². The molecular weight excluding hydrogens is 322 g/mol. The Bertz CT molecular complexity index is 1040. The zero-order chi connectivity index (χ0) is 16.5. The fourth-order valence-corrected chi connectivity index (χ4v) is 3.33. The van der Waals surface area contributed by atoms with Crippen LogP contribution in [0.4, 0.5) is 0 Å². The molecule has 0 aliphatic heterocycles. The van der Waals surface area contributed by atoms with Crippen molar-refractivity contribution in [2.24, 2.45) is 0 Å². The fourth-order valence-electron chi connectivity index (χ4n) is 2.65. The third-order valence-electron chi connectivity index (χ3n) is 3.81. The van der Waals surface area contributed by atoms with E-state index < -0.39 is 0 Å². The van der Waals surface area contributed by atoms with Gasteiger partial charge in [-0.1, -0.05) is 53.7 Å². The topological polar surface area (TPSA) is 60.2 Å². The Balaban J connectivity index is 1.81. The van der Waals surface area contributed by atoms with E-state index in [1.807, 2.05) is 41.8 Å². The summed E-state index contributed by atoms with van der Waals surface area (Å²) in [5.41, 5.74) is 0.738. The lowest BCUT2D eigenvalue weighted by Gasteiger charge is -2.04. The van der Waals surface area contributed by atoms with E-state index in [-0.39, 0.29) is 22.8 Å². The van der Waals surface area contributed by atoms with E-state index in [0.717, 1.165) is 10.8 Å². The summed E-state index contributed by atoms with van der Waals surface area (Å²) < 4.78 is 4.93. The number of hydrogen-bond donors (Lipinski definition) is 0. The minimum Gasteiger partial charge on any atom is -0.363 e. The highest BCUT2D eigenvalue weighted by Gasteiger charge is 2.25. The van der Waals surface area contributed by atoms with Gasteiger partial charge in [0.05, 0.1) is 10.4 Å². The van der Waals surface area contributed by atoms with Crippen molar-refractivity contribution in [1.29, 1.82) is 0 Å². The molecule has 0 bridgehead atoms. The molecule has 4 nitrogen and oxygen atoms in total. The number of carbonyl (C=O) groups excluding carboxylic acids is 2. The van der Waals surface area contributed by atoms with Crippen LogP contribution in [0, 0.1) is 0 Å². The molecule has 0 aliphatic rings. The van der Waals surface area contributed by atoms with Crippen LogP contribution in [0.15, 0.2) is 70.8 Å². The molecule has 24 heavy (non-hydrogen) atoms. The number of nitrogens with zero attached hydrogens (tertiary/aromatic N) is 1. The molecule has 5 heteroatoms. The van der Waals surface area contributed by atoms with Crippen molar-refractivity contribution in [3.05, 3.63) is 87.9 Å². The molecule has 0 atom stereocenters. The highest BCUT2D eigenvalue weighted by atomic mass is 32.1. The molecule has 2 heterocycles. The molecule has 0 amide bonds. The Morgan fingerprint density at radius 2 is 1.71 bits per heavy atom. The summed E-state index contributed by atoms with van der Waals surface area (Å²) in [5.74, 6) is -0.574. The van der Waals surface area contributed by atoms with Gasteiger partial charge in [0, 0.05) is 5.56 Å². The van der Waals surface area contributed by atoms with E-state index in [0.29, 0.717) is 10.4 Å². The van der Waals surface area contributed by atoms with Gasteiger partial charge >= 0.3 is 0 Å². The van der Waals surface area contributed by atoms with Crippen molar-refractivity contribution < 1.29 is 14.1 Å². The van der Waals surface area contributed by atoms with Crippen molar-refractivity contribution in [3.8, 4) is 0 Å². The van der Waals surface area contributed by atoms with Crippen molar-refractivity contribution in [3.63, 3.8) is 0 Å². The maximum Gasteiger partial charge on any atom is 0.216 e. The van der Waals surface area contributed by atoms with Gasteiger partial charge < -0.3 is 4.52 Å². The average molecular weight is 333 g/mol. The van der Waals surface area contributed by atoms with Gasteiger partial charge in [-0.2, -0.15) is 0 Å². The monoisotopic (exact) mass is 333 g/mol. The summed E-state index contributed by atoms with van der Waals surface area (Å²) >= 11 is 1.32. The van der Waals surface area contributed by atoms with Gasteiger partial charge in [0.2, 0.25) is 11.6 Å². The molecular formula is C19H11NO3S. The normalized spacial score (nSPS) is 10.8. The van der Waals surface area contributed by atoms with Gasteiger partial charge in [-0.3, -0.25) is 9.59 Å². The van der Waals surface area contributed by atoms with Crippen LogP contribution in [0.25, 0.3) is 10.8 Å². The summed E-state index contributed by atoms with van der Waals surface area (Å²) in [6, 6.07) is 16.6. The zero-order valence-electron chi connectivity index (χ0n) is 12.4. The molecule has 2 aromatic heterocycles. The second-order valence-electron chi connectivity index (χ2n) is 5.24. The molecule has 116 valence electrons. The SMILES string of the molecule is O=C(c1cccs1)c1conc1C(=O)c1cccc2ccccc12. The Morgan fingerprint density at radius 1 is 0.875 bits per heavy atom. The predicted molar refractivity (Wildman–Crippen MR) is 91.6 cm³/mol. The van der Waals surface area contributed by atoms with E-state index >= 15 is 0 Å². The van der Waals surface area contributed by atoms with Crippen LogP contribution < -0.4 is 0 Å². The van der Waals surface area contributed by atoms with Crippen molar-refractivity contribution in [1.82, 2.24) is 5.16 Å². The summed E-state index contributed by atoms with van der Waals surface area (Å²) in [6.45, 7) is 0. The van der Waals surface area contributed by atoms with Crippen LogP contribution in [0.2, 0.25) is 0 Å². The maximum atomic E-state index is 12.9. The minimum absolute atomic E-state index is 0.0461. The minimum atomic E-state index is -0.319. The van der Waals surface area contributed by atoms with E-state index in [9.17, 15) is 9.59 Å². The van der Waals surface area contributed by atoms with Crippen LogP contribution in [0.3, 0.4) is 0 Å². The molecule has 0 spiro atoms. The number of rotatable bonds is 4. The van der Waals surface area contributed by atoms with E-state index in [1.165, 1.54) is 17.6 Å². The third-order valence-corrected chi connectivity index (χ3v) is 4.68. The highest BCUT2D eigenvalue weighted by Crippen LogP contribution is 2.24. The van der Waals surface area contributed by atoms with Crippen molar-refractivity contribution >= 4 is 33.7 Å². The smallest absolute Gasteiger partial charge is 0.216 e. The first-order valence-corrected chi connectivity index (χ1v) is 8.18. The van der Waals surface area contributed by atoms with Crippen LogP contribution in [-0.2, 0) is 0 Å². The largest absolute Gasteiger partial charge is 0.363 e. The van der Waals surface area contributed by atoms with Gasteiger partial charge in [0.1, 0.15) is 6.26 Å². The molecule has 0 aliphatic carbocycles. The Labute approximate surface area is 141 Å². The molecule has 0 fully saturated rings. The zero-order valence-corrected chi connectivity index (χ0v) is 13.2. The van der Waals surface area contributed by atoms with E-state index in [2.05, 4.69) is 5.16 Å². The lowest BCUT2D eigenvalue weighted by molar-refractivity contribution is 0.100. The van der Waals surface area contributed by atoms with Gasteiger partial charge in [0.25, 0.3) is 0 Å². The number of hydrogen-bond acceptors (Lipinski definition) is 5. The maximum absolute atomic E-state index is 12.9. The first-order chi connectivity index (χ1) is 11.8. The second kappa shape index (κ2) is 5.86. The lowest BCUT2D eigenvalue weighted by atomic mass is 9.97. The molecule has 0 saturated carbocycles. The van der Waals surface area contributed by atoms with Crippen molar-refractivity contribution in [2.75, 3.05) is 0 Å². The predicted octanol–water partition coefficient (Wildman–Crippen LogP) is 4.35. The Morgan fingerprint density at radius 3 is 2.54 bits per heavy atom. The number of fused-ring (bicyclic) bond motifs is 1. The number of benzene rings is 2. The van der Waals surface area contributed by atoms with E-state index in [4.69, 9.17) is 4.52 Å². The molecule has 0 unspecified atom stereocenters. The first-order valence-electron chi connectivity index (χ1n) is 7.31. The summed E-state index contributed by atoms with van der Waals surface area (Å²) in [4.78, 5) is 26.0. The number of ketones is 2. The first kappa shape index (κ1) is 14.5. The Kier molecular flexibility index (Phi) is 3.55. The highest BCUT2D eigenvalue weighted by molar-refractivity contribution is 7.12.